The molecule has 118 valence electrons. The maximum atomic E-state index is 6.41. The maximum Gasteiger partial charge on any atom is 0.0333 e. The second-order valence-electron chi connectivity index (χ2n) is 6.91. The monoisotopic (exact) mass is 289 g/mol. The van der Waals surface area contributed by atoms with E-state index in [4.69, 9.17) is 5.73 Å². The zero-order valence-electron chi connectivity index (χ0n) is 13.8. The molecule has 0 saturated carbocycles. The lowest BCUT2D eigenvalue weighted by atomic mass is 9.94. The molecule has 2 atom stereocenters. The minimum atomic E-state index is 0.139. The van der Waals surface area contributed by atoms with Crippen molar-refractivity contribution in [2.24, 2.45) is 17.6 Å². The summed E-state index contributed by atoms with van der Waals surface area (Å²) in [6.45, 7) is 14.0. The Bertz CT molecular complexity index is 396. The van der Waals surface area contributed by atoms with Crippen molar-refractivity contribution in [3.8, 4) is 0 Å². The van der Waals surface area contributed by atoms with Crippen LogP contribution in [0.2, 0.25) is 0 Å². The predicted octanol–water partition coefficient (Wildman–Crippen LogP) is 2.60. The number of benzene rings is 1. The molecule has 1 aliphatic heterocycles. The molecule has 1 saturated heterocycles. The van der Waals surface area contributed by atoms with Crippen LogP contribution in [0.4, 0.5) is 0 Å². The van der Waals surface area contributed by atoms with Crippen LogP contribution in [0.1, 0.15) is 32.4 Å². The van der Waals surface area contributed by atoms with Gasteiger partial charge in [-0.1, -0.05) is 51.1 Å². The maximum absolute atomic E-state index is 6.41. The first-order valence-electron chi connectivity index (χ1n) is 8.31. The van der Waals surface area contributed by atoms with Gasteiger partial charge in [-0.15, -0.1) is 0 Å². The molecule has 0 radical (unpaired) electrons. The topological polar surface area (TPSA) is 32.5 Å². The fourth-order valence-corrected chi connectivity index (χ4v) is 3.20. The summed E-state index contributed by atoms with van der Waals surface area (Å²) in [6.07, 6.45) is 0. The van der Waals surface area contributed by atoms with E-state index >= 15 is 0 Å². The van der Waals surface area contributed by atoms with Crippen LogP contribution < -0.4 is 5.73 Å². The van der Waals surface area contributed by atoms with E-state index in [9.17, 15) is 0 Å². The minimum absolute atomic E-state index is 0.139. The number of rotatable bonds is 6. The second kappa shape index (κ2) is 7.92. The quantitative estimate of drug-likeness (QED) is 0.874. The molecule has 1 aromatic rings. The Morgan fingerprint density at radius 1 is 0.905 bits per heavy atom. The van der Waals surface area contributed by atoms with Gasteiger partial charge in [-0.3, -0.25) is 0 Å². The molecule has 1 fully saturated rings. The van der Waals surface area contributed by atoms with E-state index in [1.54, 1.807) is 0 Å². The molecular weight excluding hydrogens is 258 g/mol. The summed E-state index contributed by atoms with van der Waals surface area (Å²) in [4.78, 5) is 5.16. The number of nitrogens with zero attached hydrogens (tertiary/aromatic N) is 2. The number of piperazine rings is 1. The molecule has 1 aromatic carbocycles. The minimum Gasteiger partial charge on any atom is -0.324 e. The van der Waals surface area contributed by atoms with E-state index in [2.05, 4.69) is 60.9 Å². The Labute approximate surface area is 130 Å². The van der Waals surface area contributed by atoms with Crippen molar-refractivity contribution in [1.29, 1.82) is 0 Å². The molecule has 2 rings (SSSR count). The first-order valence-corrected chi connectivity index (χ1v) is 8.31. The van der Waals surface area contributed by atoms with Gasteiger partial charge >= 0.3 is 0 Å². The highest BCUT2D eigenvalue weighted by molar-refractivity contribution is 5.19. The van der Waals surface area contributed by atoms with Crippen LogP contribution in [-0.4, -0.2) is 49.1 Å². The highest BCUT2D eigenvalue weighted by Gasteiger charge is 2.22. The number of hydrogen-bond acceptors (Lipinski definition) is 3. The molecule has 1 heterocycles. The van der Waals surface area contributed by atoms with Crippen LogP contribution >= 0.6 is 0 Å². The van der Waals surface area contributed by atoms with Crippen molar-refractivity contribution in [3.63, 3.8) is 0 Å². The zero-order valence-corrected chi connectivity index (χ0v) is 13.8. The van der Waals surface area contributed by atoms with Crippen molar-refractivity contribution in [1.82, 2.24) is 9.80 Å². The largest absolute Gasteiger partial charge is 0.324 e. The number of hydrogen-bond donors (Lipinski definition) is 1. The molecule has 21 heavy (non-hydrogen) atoms. The normalized spacial score (nSPS) is 20.6. The van der Waals surface area contributed by atoms with E-state index in [1.165, 1.54) is 38.3 Å². The van der Waals surface area contributed by atoms with Gasteiger partial charge in [0.15, 0.2) is 0 Å². The highest BCUT2D eigenvalue weighted by atomic mass is 15.3. The van der Waals surface area contributed by atoms with Gasteiger partial charge in [0.05, 0.1) is 0 Å². The van der Waals surface area contributed by atoms with Crippen LogP contribution in [0.25, 0.3) is 0 Å². The number of nitrogens with two attached hydrogens (primary N) is 1. The van der Waals surface area contributed by atoms with Crippen LogP contribution in [-0.2, 0) is 0 Å². The Balaban J connectivity index is 1.78. The van der Waals surface area contributed by atoms with E-state index in [-0.39, 0.29) is 6.04 Å². The highest BCUT2D eigenvalue weighted by Crippen LogP contribution is 2.20. The van der Waals surface area contributed by atoms with Gasteiger partial charge in [0.1, 0.15) is 0 Å². The molecule has 0 bridgehead atoms. The molecule has 1 aliphatic rings. The molecule has 2 N–H and O–H groups in total. The Kier molecular flexibility index (Phi) is 6.22. The van der Waals surface area contributed by atoms with Gasteiger partial charge < -0.3 is 15.5 Å². The van der Waals surface area contributed by atoms with Gasteiger partial charge in [0.25, 0.3) is 0 Å². The summed E-state index contributed by atoms with van der Waals surface area (Å²) >= 11 is 0. The first kappa shape index (κ1) is 16.5. The van der Waals surface area contributed by atoms with Gasteiger partial charge in [-0.25, -0.2) is 0 Å². The predicted molar refractivity (Wildman–Crippen MR) is 90.3 cm³/mol. The average molecular weight is 289 g/mol. The summed E-state index contributed by atoms with van der Waals surface area (Å²) in [5.74, 6) is 1.26. The average Bonchev–Trinajstić information content (AvgIpc) is 2.49. The smallest absolute Gasteiger partial charge is 0.0333 e. The standard InChI is InChI=1S/C18H31N3/c1-15(2)13-20-9-11-21(12-10-20)14-16(3)18(19)17-7-5-4-6-8-17/h4-8,15-16,18H,9-14,19H2,1-3H3. The Hall–Kier alpha value is -0.900. The van der Waals surface area contributed by atoms with E-state index in [0.29, 0.717) is 5.92 Å². The fraction of sp³-hybridized carbons (Fsp3) is 0.667. The van der Waals surface area contributed by atoms with E-state index in [0.717, 1.165) is 12.5 Å². The van der Waals surface area contributed by atoms with Crippen LogP contribution in [0.15, 0.2) is 30.3 Å². The summed E-state index contributed by atoms with van der Waals surface area (Å²) in [6, 6.07) is 10.6. The van der Waals surface area contributed by atoms with Gasteiger partial charge in [0, 0.05) is 45.3 Å². The third kappa shape index (κ3) is 5.10. The molecule has 0 amide bonds. The van der Waals surface area contributed by atoms with Crippen molar-refractivity contribution in [3.05, 3.63) is 35.9 Å². The van der Waals surface area contributed by atoms with Gasteiger partial charge in [-0.05, 0) is 17.4 Å². The summed E-state index contributed by atoms with van der Waals surface area (Å²) < 4.78 is 0. The third-order valence-electron chi connectivity index (χ3n) is 4.43. The molecule has 0 aliphatic carbocycles. The second-order valence-corrected chi connectivity index (χ2v) is 6.91. The molecule has 3 heteroatoms. The Morgan fingerprint density at radius 3 is 1.95 bits per heavy atom. The van der Waals surface area contributed by atoms with Crippen molar-refractivity contribution in [2.75, 3.05) is 39.3 Å². The van der Waals surface area contributed by atoms with Crippen molar-refractivity contribution >= 4 is 0 Å². The van der Waals surface area contributed by atoms with Crippen LogP contribution in [0.5, 0.6) is 0 Å². The SMILES string of the molecule is CC(C)CN1CCN(CC(C)C(N)c2ccccc2)CC1. The fourth-order valence-electron chi connectivity index (χ4n) is 3.20. The molecule has 0 aromatic heterocycles. The van der Waals surface area contributed by atoms with Crippen molar-refractivity contribution in [2.45, 2.75) is 26.8 Å². The first-order chi connectivity index (χ1) is 10.1. The summed E-state index contributed by atoms with van der Waals surface area (Å²) in [5.41, 5.74) is 7.66. The van der Waals surface area contributed by atoms with Gasteiger partial charge in [-0.2, -0.15) is 0 Å². The Morgan fingerprint density at radius 2 is 1.43 bits per heavy atom. The summed E-state index contributed by atoms with van der Waals surface area (Å²) in [5, 5.41) is 0. The molecule has 3 nitrogen and oxygen atoms in total. The lowest BCUT2D eigenvalue weighted by Crippen LogP contribution is -2.49. The zero-order chi connectivity index (χ0) is 15.2. The third-order valence-corrected chi connectivity index (χ3v) is 4.43. The summed E-state index contributed by atoms with van der Waals surface area (Å²) in [7, 11) is 0. The van der Waals surface area contributed by atoms with Crippen molar-refractivity contribution < 1.29 is 0 Å². The lowest BCUT2D eigenvalue weighted by Gasteiger charge is -2.37. The molecule has 2 unspecified atom stereocenters. The van der Waals surface area contributed by atoms with Crippen LogP contribution in [0.3, 0.4) is 0 Å². The van der Waals surface area contributed by atoms with E-state index < -0.39 is 0 Å². The molecular formula is C18H31N3. The van der Waals surface area contributed by atoms with E-state index in [1.807, 2.05) is 0 Å². The molecule has 0 spiro atoms. The lowest BCUT2D eigenvalue weighted by molar-refractivity contribution is 0.107. The van der Waals surface area contributed by atoms with Crippen LogP contribution in [0, 0.1) is 11.8 Å². The van der Waals surface area contributed by atoms with Gasteiger partial charge in [0.2, 0.25) is 0 Å².